The van der Waals surface area contributed by atoms with Crippen molar-refractivity contribution in [1.82, 2.24) is 10.2 Å². The molecule has 0 amide bonds. The lowest BCUT2D eigenvalue weighted by Crippen LogP contribution is -2.42. The number of aliphatic hydroxyl groups excluding tert-OH is 1. The van der Waals surface area contributed by atoms with Crippen molar-refractivity contribution >= 4 is 0 Å². The molecule has 4 rings (SSSR count). The van der Waals surface area contributed by atoms with Crippen LogP contribution in [0.3, 0.4) is 0 Å². The number of likely N-dealkylation sites (tertiary alicyclic amines) is 1. The summed E-state index contributed by atoms with van der Waals surface area (Å²) in [6.45, 7) is 5.86. The lowest BCUT2D eigenvalue weighted by atomic mass is 9.78. The van der Waals surface area contributed by atoms with Gasteiger partial charge in [-0.1, -0.05) is 12.1 Å². The topological polar surface area (TPSA) is 54.0 Å². The molecular weight excluding hydrogens is 328 g/mol. The standard InChI is InChI=1S/C21H32N2O3/c1-25-19-4-2-3-5-20(19)26-21-11-17-14-23(13-16(17)10-18(21)24)12-15-6-8-22-9-7-15/h2-5,15-18,21-22,24H,6-14H2,1H3/t16-,17+,18+,21+/m0/s1. The van der Waals surface area contributed by atoms with Gasteiger partial charge in [0.1, 0.15) is 6.10 Å². The molecule has 2 N–H and O–H groups in total. The van der Waals surface area contributed by atoms with Gasteiger partial charge in [-0.25, -0.2) is 0 Å². The minimum Gasteiger partial charge on any atom is -0.493 e. The van der Waals surface area contributed by atoms with Crippen LogP contribution in [0, 0.1) is 17.8 Å². The highest BCUT2D eigenvalue weighted by Crippen LogP contribution is 2.39. The van der Waals surface area contributed by atoms with E-state index >= 15 is 0 Å². The van der Waals surface area contributed by atoms with E-state index in [-0.39, 0.29) is 12.2 Å². The van der Waals surface area contributed by atoms with Crippen LogP contribution in [0.5, 0.6) is 11.5 Å². The Morgan fingerprint density at radius 1 is 1.08 bits per heavy atom. The van der Waals surface area contributed by atoms with Gasteiger partial charge in [0.25, 0.3) is 0 Å². The number of piperidine rings is 1. The van der Waals surface area contributed by atoms with E-state index in [1.165, 1.54) is 32.5 Å². The number of aliphatic hydroxyl groups is 1. The molecule has 4 atom stereocenters. The van der Waals surface area contributed by atoms with E-state index in [4.69, 9.17) is 9.47 Å². The van der Waals surface area contributed by atoms with E-state index in [0.717, 1.165) is 43.3 Å². The van der Waals surface area contributed by atoms with Crippen molar-refractivity contribution in [2.45, 2.75) is 37.9 Å². The summed E-state index contributed by atoms with van der Waals surface area (Å²) in [6.07, 6.45) is 3.87. The molecule has 0 aromatic heterocycles. The molecule has 144 valence electrons. The molecule has 2 heterocycles. The van der Waals surface area contributed by atoms with Gasteiger partial charge in [0.15, 0.2) is 11.5 Å². The lowest BCUT2D eigenvalue weighted by molar-refractivity contribution is -0.0240. The van der Waals surface area contributed by atoms with Crippen molar-refractivity contribution in [2.75, 3.05) is 39.8 Å². The second kappa shape index (κ2) is 8.15. The first kappa shape index (κ1) is 18.1. The second-order valence-electron chi connectivity index (χ2n) is 8.28. The summed E-state index contributed by atoms with van der Waals surface area (Å²) in [6, 6.07) is 7.72. The fraction of sp³-hybridized carbons (Fsp3) is 0.714. The first-order chi connectivity index (χ1) is 12.7. The van der Waals surface area contributed by atoms with Gasteiger partial charge in [-0.05, 0) is 68.7 Å². The van der Waals surface area contributed by atoms with Crippen molar-refractivity contribution in [2.24, 2.45) is 17.8 Å². The van der Waals surface area contributed by atoms with E-state index in [0.29, 0.717) is 11.8 Å². The van der Waals surface area contributed by atoms with Crippen LogP contribution in [0.4, 0.5) is 0 Å². The van der Waals surface area contributed by atoms with Crippen LogP contribution in [0.25, 0.3) is 0 Å². The Kier molecular flexibility index (Phi) is 5.67. The zero-order valence-corrected chi connectivity index (χ0v) is 15.8. The summed E-state index contributed by atoms with van der Waals surface area (Å²) >= 11 is 0. The Labute approximate surface area is 156 Å². The summed E-state index contributed by atoms with van der Waals surface area (Å²) in [4.78, 5) is 2.64. The minimum absolute atomic E-state index is 0.133. The van der Waals surface area contributed by atoms with E-state index in [1.807, 2.05) is 24.3 Å². The van der Waals surface area contributed by atoms with Gasteiger partial charge in [0, 0.05) is 19.6 Å². The van der Waals surface area contributed by atoms with E-state index in [9.17, 15) is 5.11 Å². The van der Waals surface area contributed by atoms with Crippen molar-refractivity contribution in [3.63, 3.8) is 0 Å². The third-order valence-corrected chi connectivity index (χ3v) is 6.48. The van der Waals surface area contributed by atoms with Crippen LogP contribution in [0.15, 0.2) is 24.3 Å². The molecule has 0 radical (unpaired) electrons. The molecule has 0 spiro atoms. The number of rotatable bonds is 5. The predicted octanol–water partition coefficient (Wildman–Crippen LogP) is 2.14. The molecule has 0 bridgehead atoms. The number of hydrogen-bond acceptors (Lipinski definition) is 5. The van der Waals surface area contributed by atoms with Gasteiger partial charge in [0.2, 0.25) is 0 Å². The summed E-state index contributed by atoms with van der Waals surface area (Å²) < 4.78 is 11.6. The van der Waals surface area contributed by atoms with Crippen LogP contribution >= 0.6 is 0 Å². The van der Waals surface area contributed by atoms with Gasteiger partial charge in [-0.3, -0.25) is 0 Å². The molecule has 3 aliphatic rings. The molecule has 26 heavy (non-hydrogen) atoms. The SMILES string of the molecule is COc1ccccc1O[C@@H]1C[C@@H]2CN(CC3CCNCC3)C[C@@H]2C[C@H]1O. The predicted molar refractivity (Wildman–Crippen MR) is 102 cm³/mol. The second-order valence-corrected chi connectivity index (χ2v) is 8.28. The first-order valence-electron chi connectivity index (χ1n) is 10.1. The molecule has 2 saturated heterocycles. The van der Waals surface area contributed by atoms with E-state index < -0.39 is 0 Å². The number of hydrogen-bond donors (Lipinski definition) is 2. The molecule has 3 fully saturated rings. The van der Waals surface area contributed by atoms with Gasteiger partial charge in [-0.2, -0.15) is 0 Å². The van der Waals surface area contributed by atoms with Crippen molar-refractivity contribution in [3.05, 3.63) is 24.3 Å². The highest BCUT2D eigenvalue weighted by atomic mass is 16.5. The summed E-state index contributed by atoms with van der Waals surface area (Å²) in [5.74, 6) is 3.56. The van der Waals surface area contributed by atoms with Crippen LogP contribution in [-0.2, 0) is 0 Å². The number of fused-ring (bicyclic) bond motifs is 1. The molecule has 5 nitrogen and oxygen atoms in total. The summed E-state index contributed by atoms with van der Waals surface area (Å²) in [7, 11) is 1.66. The highest BCUT2D eigenvalue weighted by Gasteiger charge is 2.43. The normalized spacial score (nSPS) is 33.0. The van der Waals surface area contributed by atoms with Crippen LogP contribution < -0.4 is 14.8 Å². The number of nitrogens with one attached hydrogen (secondary N) is 1. The largest absolute Gasteiger partial charge is 0.493 e. The van der Waals surface area contributed by atoms with Crippen molar-refractivity contribution < 1.29 is 14.6 Å². The number of nitrogens with zero attached hydrogens (tertiary/aromatic N) is 1. The molecule has 0 unspecified atom stereocenters. The van der Waals surface area contributed by atoms with E-state index in [1.54, 1.807) is 7.11 Å². The molecule has 1 aromatic rings. The zero-order chi connectivity index (χ0) is 17.9. The van der Waals surface area contributed by atoms with Gasteiger partial charge in [-0.15, -0.1) is 0 Å². The van der Waals surface area contributed by atoms with Gasteiger partial charge >= 0.3 is 0 Å². The third-order valence-electron chi connectivity index (χ3n) is 6.48. The van der Waals surface area contributed by atoms with Crippen molar-refractivity contribution in [1.29, 1.82) is 0 Å². The maximum atomic E-state index is 10.7. The number of methoxy groups -OCH3 is 1. The first-order valence-corrected chi connectivity index (χ1v) is 10.1. The Morgan fingerprint density at radius 3 is 2.50 bits per heavy atom. The monoisotopic (exact) mass is 360 g/mol. The number of para-hydroxylation sites is 2. The summed E-state index contributed by atoms with van der Waals surface area (Å²) in [5.41, 5.74) is 0. The van der Waals surface area contributed by atoms with Gasteiger partial charge < -0.3 is 24.8 Å². The fourth-order valence-corrected chi connectivity index (χ4v) is 5.07. The maximum Gasteiger partial charge on any atom is 0.161 e. The molecule has 2 aliphatic heterocycles. The van der Waals surface area contributed by atoms with Crippen LogP contribution in [-0.4, -0.2) is 62.0 Å². The molecule has 1 aliphatic carbocycles. The number of benzene rings is 1. The molecule has 1 aromatic carbocycles. The maximum absolute atomic E-state index is 10.7. The average molecular weight is 360 g/mol. The number of ether oxygens (including phenoxy) is 2. The Bertz CT molecular complexity index is 590. The minimum atomic E-state index is -0.389. The lowest BCUT2D eigenvalue weighted by Gasteiger charge is -2.35. The van der Waals surface area contributed by atoms with Crippen LogP contribution in [0.1, 0.15) is 25.7 Å². The highest BCUT2D eigenvalue weighted by molar-refractivity contribution is 5.39. The van der Waals surface area contributed by atoms with E-state index in [2.05, 4.69) is 10.2 Å². The average Bonchev–Trinajstić information content (AvgIpc) is 3.04. The third kappa shape index (κ3) is 4.00. The quantitative estimate of drug-likeness (QED) is 0.843. The van der Waals surface area contributed by atoms with Crippen LogP contribution in [0.2, 0.25) is 0 Å². The smallest absolute Gasteiger partial charge is 0.161 e. The van der Waals surface area contributed by atoms with Crippen molar-refractivity contribution in [3.8, 4) is 11.5 Å². The molecule has 1 saturated carbocycles. The Morgan fingerprint density at radius 2 is 1.77 bits per heavy atom. The summed E-state index contributed by atoms with van der Waals surface area (Å²) in [5, 5.41) is 14.1. The van der Waals surface area contributed by atoms with Gasteiger partial charge in [0.05, 0.1) is 13.2 Å². The Balaban J connectivity index is 1.35. The fourth-order valence-electron chi connectivity index (χ4n) is 5.07. The molecular formula is C21H32N2O3. The molecule has 5 heteroatoms. The Hall–Kier alpha value is -1.30. The zero-order valence-electron chi connectivity index (χ0n) is 15.8.